The second kappa shape index (κ2) is 20.0. The number of aromatic carboxylic acids is 1. The molecule has 0 spiro atoms. The number of nitrogens with one attached hydrogen (secondary N) is 3. The Bertz CT molecular complexity index is 1850. The van der Waals surface area contributed by atoms with Gasteiger partial charge < -0.3 is 31.9 Å². The summed E-state index contributed by atoms with van der Waals surface area (Å²) in [7, 11) is -7.33. The molecule has 0 saturated heterocycles. The summed E-state index contributed by atoms with van der Waals surface area (Å²) in [4.78, 5) is 43.1. The Balaban J connectivity index is 0.00000114. The Labute approximate surface area is 296 Å². The van der Waals surface area contributed by atoms with Gasteiger partial charge in [0.05, 0.1) is 24.7 Å². The van der Waals surface area contributed by atoms with Crippen molar-refractivity contribution >= 4 is 49.5 Å². The number of carbonyl (C=O) groups excluding carboxylic acids is 2. The number of benzene rings is 2. The minimum absolute atomic E-state index is 0.0637. The van der Waals surface area contributed by atoms with Gasteiger partial charge in [-0.3, -0.25) is 24.1 Å². The molecule has 0 radical (unpaired) electrons. The first-order valence-electron chi connectivity index (χ1n) is 15.2. The zero-order valence-electron chi connectivity index (χ0n) is 28.7. The van der Waals surface area contributed by atoms with Gasteiger partial charge in [-0.25, -0.2) is 9.78 Å². The molecule has 51 heavy (non-hydrogen) atoms. The van der Waals surface area contributed by atoms with E-state index in [1.807, 2.05) is 13.8 Å². The number of nitrogens with zero attached hydrogens (tertiary/aromatic N) is 1. The number of carboxylic acid groups (broad SMARTS) is 1. The molecular weight excluding hydrogens is 709 g/mol. The first-order chi connectivity index (χ1) is 23.5. The third-order valence-electron chi connectivity index (χ3n) is 6.24. The number of nitrogen functional groups attached to an aromatic ring is 1. The van der Waals surface area contributed by atoms with Crippen molar-refractivity contribution in [2.24, 2.45) is 17.4 Å². The SMILES string of the molecule is CCOc1ccc(-c2ccc(C(=O)N[C@H](CCN)CC(C)C)cc2C(=O)O)c(C(=O)Nc2ccc(C(=N)N)cc2)n1.CS(=O)(=O)O.CS(=O)(=O)O. The number of amidine groups is 1. The summed E-state index contributed by atoms with van der Waals surface area (Å²) < 4.78 is 57.2. The molecule has 3 rings (SSSR count). The van der Waals surface area contributed by atoms with Gasteiger partial charge in [-0.05, 0) is 80.3 Å². The fourth-order valence-electron chi connectivity index (χ4n) is 4.37. The molecule has 10 N–H and O–H groups in total. The molecule has 19 heteroatoms. The number of hydrogen-bond donors (Lipinski definition) is 8. The Morgan fingerprint density at radius 3 is 1.90 bits per heavy atom. The molecular formula is C32H44N6O11S2. The van der Waals surface area contributed by atoms with Crippen LogP contribution < -0.4 is 26.8 Å². The van der Waals surface area contributed by atoms with E-state index >= 15 is 0 Å². The van der Waals surface area contributed by atoms with Gasteiger partial charge in [0.1, 0.15) is 11.5 Å². The number of amides is 2. The number of nitrogens with two attached hydrogens (primary N) is 2. The highest BCUT2D eigenvalue weighted by atomic mass is 32.2. The maximum Gasteiger partial charge on any atom is 0.336 e. The van der Waals surface area contributed by atoms with E-state index in [0.717, 1.165) is 6.42 Å². The molecule has 280 valence electrons. The van der Waals surface area contributed by atoms with Crippen molar-refractivity contribution in [1.29, 1.82) is 5.41 Å². The van der Waals surface area contributed by atoms with Gasteiger partial charge in [0.2, 0.25) is 5.88 Å². The molecule has 0 aliphatic heterocycles. The first kappa shape index (κ1) is 44.1. The van der Waals surface area contributed by atoms with Crippen molar-refractivity contribution in [2.45, 2.75) is 39.7 Å². The van der Waals surface area contributed by atoms with Crippen LogP contribution in [0.4, 0.5) is 5.69 Å². The van der Waals surface area contributed by atoms with Gasteiger partial charge in [-0.15, -0.1) is 0 Å². The van der Waals surface area contributed by atoms with Gasteiger partial charge in [0, 0.05) is 34.5 Å². The van der Waals surface area contributed by atoms with Crippen molar-refractivity contribution < 1.29 is 50.2 Å². The second-order valence-electron chi connectivity index (χ2n) is 11.3. The Morgan fingerprint density at radius 1 is 0.902 bits per heavy atom. The number of carbonyl (C=O) groups is 3. The van der Waals surface area contributed by atoms with Crippen LogP contribution in [0.15, 0.2) is 54.6 Å². The van der Waals surface area contributed by atoms with Crippen LogP contribution in [0.5, 0.6) is 5.88 Å². The minimum atomic E-state index is -3.67. The number of carboxylic acids is 1. The molecule has 0 aliphatic rings. The monoisotopic (exact) mass is 752 g/mol. The van der Waals surface area contributed by atoms with Gasteiger partial charge >= 0.3 is 5.97 Å². The van der Waals surface area contributed by atoms with Gasteiger partial charge in [0.15, 0.2) is 0 Å². The smallest absolute Gasteiger partial charge is 0.336 e. The van der Waals surface area contributed by atoms with Crippen LogP contribution in [0.1, 0.15) is 70.4 Å². The summed E-state index contributed by atoms with van der Waals surface area (Å²) in [5.41, 5.74) is 12.5. The van der Waals surface area contributed by atoms with Gasteiger partial charge in [-0.1, -0.05) is 19.9 Å². The molecule has 1 atom stereocenters. The number of anilines is 1. The second-order valence-corrected chi connectivity index (χ2v) is 14.3. The summed E-state index contributed by atoms with van der Waals surface area (Å²) in [6.07, 6.45) is 2.77. The average molecular weight is 753 g/mol. The highest BCUT2D eigenvalue weighted by Crippen LogP contribution is 2.30. The van der Waals surface area contributed by atoms with Crippen LogP contribution >= 0.6 is 0 Å². The number of ether oxygens (including phenoxy) is 1. The quantitative estimate of drug-likeness (QED) is 0.0708. The van der Waals surface area contributed by atoms with Crippen molar-refractivity contribution in [3.8, 4) is 17.0 Å². The molecule has 0 aliphatic carbocycles. The first-order valence-corrected chi connectivity index (χ1v) is 18.9. The standard InChI is InChI=1S/C30H36N6O5.2CH4O3S/c1-4-41-25-12-11-23(26(36-25)29(38)34-20-8-5-18(6-9-20)27(32)33)22-10-7-19(16-24(22)30(39)40)28(37)35-21(13-14-31)15-17(2)3;2*1-5(2,3)4/h5-12,16-17,21H,4,13-15,31H2,1-3H3,(H3,32,33)(H,34,38)(H,35,37)(H,39,40);2*1H3,(H,2,3,4)/t21-;;/m1../s1. The predicted octanol–water partition coefficient (Wildman–Crippen LogP) is 2.88. The lowest BCUT2D eigenvalue weighted by Crippen LogP contribution is -2.37. The third-order valence-corrected chi connectivity index (χ3v) is 6.24. The molecule has 3 aromatic rings. The maximum atomic E-state index is 13.4. The molecule has 1 aromatic heterocycles. The Hall–Kier alpha value is -4.95. The molecule has 0 unspecified atom stereocenters. The lowest BCUT2D eigenvalue weighted by atomic mass is 9.95. The molecule has 2 aromatic carbocycles. The summed E-state index contributed by atoms with van der Waals surface area (Å²) in [6.45, 7) is 6.59. The number of hydrogen-bond acceptors (Lipinski definition) is 11. The van der Waals surface area contributed by atoms with Crippen LogP contribution in [0, 0.1) is 11.3 Å². The van der Waals surface area contributed by atoms with E-state index in [4.69, 9.17) is 30.7 Å². The van der Waals surface area contributed by atoms with E-state index < -0.39 is 38.0 Å². The average Bonchev–Trinajstić information content (AvgIpc) is 2.99. The molecule has 1 heterocycles. The highest BCUT2D eigenvalue weighted by molar-refractivity contribution is 7.85. The third kappa shape index (κ3) is 17.5. The van der Waals surface area contributed by atoms with Crippen LogP contribution in [0.2, 0.25) is 0 Å². The fraction of sp³-hybridized carbons (Fsp3) is 0.344. The summed E-state index contributed by atoms with van der Waals surface area (Å²) in [5, 5.41) is 23.3. The van der Waals surface area contributed by atoms with E-state index in [1.54, 1.807) is 43.3 Å². The summed E-state index contributed by atoms with van der Waals surface area (Å²) in [5.74, 6) is -1.85. The van der Waals surface area contributed by atoms with Crippen LogP contribution in [-0.4, -0.2) is 91.4 Å². The van der Waals surface area contributed by atoms with Crippen molar-refractivity contribution in [3.63, 3.8) is 0 Å². The molecule has 0 saturated carbocycles. The lowest BCUT2D eigenvalue weighted by molar-refractivity contribution is 0.0697. The number of aromatic nitrogens is 1. The van der Waals surface area contributed by atoms with Crippen molar-refractivity contribution in [3.05, 3.63) is 77.0 Å². The fourth-order valence-corrected chi connectivity index (χ4v) is 4.37. The van der Waals surface area contributed by atoms with Crippen LogP contribution in [-0.2, 0) is 20.2 Å². The van der Waals surface area contributed by atoms with Crippen LogP contribution in [0.25, 0.3) is 11.1 Å². The zero-order valence-corrected chi connectivity index (χ0v) is 30.3. The maximum absolute atomic E-state index is 13.4. The van der Waals surface area contributed by atoms with E-state index in [-0.39, 0.29) is 45.7 Å². The van der Waals surface area contributed by atoms with Crippen molar-refractivity contribution in [2.75, 3.05) is 31.0 Å². The molecule has 2 amide bonds. The minimum Gasteiger partial charge on any atom is -0.478 e. The van der Waals surface area contributed by atoms with Crippen molar-refractivity contribution in [1.82, 2.24) is 10.3 Å². The Kier molecular flexibility index (Phi) is 17.3. The predicted molar refractivity (Wildman–Crippen MR) is 193 cm³/mol. The molecule has 17 nitrogen and oxygen atoms in total. The van der Waals surface area contributed by atoms with E-state index in [0.29, 0.717) is 49.3 Å². The number of pyridine rings is 1. The Morgan fingerprint density at radius 2 is 1.43 bits per heavy atom. The highest BCUT2D eigenvalue weighted by Gasteiger charge is 2.23. The summed E-state index contributed by atoms with van der Waals surface area (Å²) in [6, 6.07) is 13.6. The van der Waals surface area contributed by atoms with Gasteiger partial charge in [-0.2, -0.15) is 16.8 Å². The van der Waals surface area contributed by atoms with E-state index in [9.17, 15) is 36.3 Å². The van der Waals surface area contributed by atoms with E-state index in [1.165, 1.54) is 18.2 Å². The van der Waals surface area contributed by atoms with E-state index in [2.05, 4.69) is 15.6 Å². The van der Waals surface area contributed by atoms with Crippen LogP contribution in [0.3, 0.4) is 0 Å². The normalized spacial score (nSPS) is 11.5. The largest absolute Gasteiger partial charge is 0.478 e. The molecule has 0 fully saturated rings. The van der Waals surface area contributed by atoms with Gasteiger partial charge in [0.25, 0.3) is 32.1 Å². The number of rotatable bonds is 13. The molecule has 0 bridgehead atoms. The lowest BCUT2D eigenvalue weighted by Gasteiger charge is -2.20. The topological polar surface area (TPSA) is 302 Å². The summed E-state index contributed by atoms with van der Waals surface area (Å²) >= 11 is 0. The zero-order chi connectivity index (χ0) is 39.1.